The Kier molecular flexibility index (Phi) is 4.87. The van der Waals surface area contributed by atoms with Crippen molar-refractivity contribution in [2.45, 2.75) is 32.8 Å². The first-order valence-corrected chi connectivity index (χ1v) is 6.07. The molecule has 0 saturated carbocycles. The van der Waals surface area contributed by atoms with Gasteiger partial charge in [0.1, 0.15) is 11.6 Å². The summed E-state index contributed by atoms with van der Waals surface area (Å²) in [4.78, 5) is 0. The fourth-order valence-corrected chi connectivity index (χ4v) is 1.78. The summed E-state index contributed by atoms with van der Waals surface area (Å²) in [6.07, 6.45) is 0.393. The van der Waals surface area contributed by atoms with E-state index in [1.165, 1.54) is 0 Å². The second kappa shape index (κ2) is 5.73. The Morgan fingerprint density at radius 1 is 1.31 bits per heavy atom. The van der Waals surface area contributed by atoms with Gasteiger partial charge in [0, 0.05) is 5.56 Å². The summed E-state index contributed by atoms with van der Waals surface area (Å²) in [5.74, 6) is -0.857. The van der Waals surface area contributed by atoms with Gasteiger partial charge in [0.25, 0.3) is 0 Å². The highest BCUT2D eigenvalue weighted by Gasteiger charge is 2.17. The molecule has 0 aliphatic carbocycles. The van der Waals surface area contributed by atoms with Gasteiger partial charge in [0.05, 0.1) is 10.6 Å². The molecule has 90 valence electrons. The molecule has 1 nitrogen and oxygen atoms in total. The molecular weight excluding hydrogens is 278 g/mol. The molecule has 1 N–H and O–H groups in total. The summed E-state index contributed by atoms with van der Waals surface area (Å²) in [6.45, 7) is 3.96. The maximum atomic E-state index is 13.5. The quantitative estimate of drug-likeness (QED) is 0.825. The first-order valence-electron chi connectivity index (χ1n) is 5.28. The minimum absolute atomic E-state index is 0.0287. The second-order valence-corrected chi connectivity index (χ2v) is 4.91. The summed E-state index contributed by atoms with van der Waals surface area (Å²) < 4.78 is 26.8. The molecule has 0 fully saturated rings. The Morgan fingerprint density at radius 2 is 1.94 bits per heavy atom. The van der Waals surface area contributed by atoms with Crippen LogP contribution in [0.4, 0.5) is 8.78 Å². The van der Waals surface area contributed by atoms with Crippen molar-refractivity contribution in [3.63, 3.8) is 0 Å². The van der Waals surface area contributed by atoms with Crippen LogP contribution in [0.2, 0.25) is 0 Å². The molecule has 0 amide bonds. The van der Waals surface area contributed by atoms with Crippen molar-refractivity contribution in [1.82, 2.24) is 0 Å². The normalized spacial score (nSPS) is 14.9. The molecule has 2 unspecified atom stereocenters. The molecule has 2 atom stereocenters. The molecule has 1 aromatic rings. The first-order chi connectivity index (χ1) is 7.45. The highest BCUT2D eigenvalue weighted by molar-refractivity contribution is 9.10. The van der Waals surface area contributed by atoms with E-state index in [1.54, 1.807) is 0 Å². The largest absolute Gasteiger partial charge is 0.388 e. The minimum atomic E-state index is -0.947. The zero-order chi connectivity index (χ0) is 12.3. The highest BCUT2D eigenvalue weighted by Crippen LogP contribution is 2.28. The minimum Gasteiger partial charge on any atom is -0.388 e. The van der Waals surface area contributed by atoms with E-state index in [1.807, 2.05) is 13.8 Å². The molecule has 4 heteroatoms. The van der Waals surface area contributed by atoms with Gasteiger partial charge >= 0.3 is 0 Å². The van der Waals surface area contributed by atoms with Crippen molar-refractivity contribution < 1.29 is 13.9 Å². The van der Waals surface area contributed by atoms with Crippen molar-refractivity contribution in [2.24, 2.45) is 5.92 Å². The van der Waals surface area contributed by atoms with Crippen LogP contribution in [0.1, 0.15) is 38.4 Å². The van der Waals surface area contributed by atoms with Crippen LogP contribution in [0.15, 0.2) is 16.6 Å². The van der Waals surface area contributed by atoms with Gasteiger partial charge in [-0.1, -0.05) is 20.3 Å². The summed E-state index contributed by atoms with van der Waals surface area (Å²) in [6, 6.07) is 2.09. The second-order valence-electron chi connectivity index (χ2n) is 4.05. The van der Waals surface area contributed by atoms with E-state index in [4.69, 9.17) is 0 Å². The SMILES string of the molecule is CCC(C)CC(O)c1cc(F)c(Br)cc1F. The lowest BCUT2D eigenvalue weighted by atomic mass is 9.96. The summed E-state index contributed by atoms with van der Waals surface area (Å²) >= 11 is 2.90. The summed E-state index contributed by atoms with van der Waals surface area (Å²) in [5.41, 5.74) is 0.0287. The number of rotatable bonds is 4. The Morgan fingerprint density at radius 3 is 2.50 bits per heavy atom. The Hall–Kier alpha value is -0.480. The third-order valence-electron chi connectivity index (χ3n) is 2.72. The maximum absolute atomic E-state index is 13.5. The molecule has 0 heterocycles. The Bertz CT molecular complexity index is 368. The van der Waals surface area contributed by atoms with E-state index < -0.39 is 17.7 Å². The van der Waals surface area contributed by atoms with Gasteiger partial charge in [0.2, 0.25) is 0 Å². The fraction of sp³-hybridized carbons (Fsp3) is 0.500. The molecule has 1 rings (SSSR count). The van der Waals surface area contributed by atoms with Crippen molar-refractivity contribution in [2.75, 3.05) is 0 Å². The average molecular weight is 293 g/mol. The van der Waals surface area contributed by atoms with Crippen molar-refractivity contribution in [1.29, 1.82) is 0 Å². The van der Waals surface area contributed by atoms with Crippen LogP contribution < -0.4 is 0 Å². The molecule has 16 heavy (non-hydrogen) atoms. The van der Waals surface area contributed by atoms with Crippen LogP contribution in [0.3, 0.4) is 0 Å². The van der Waals surface area contributed by atoms with E-state index in [0.29, 0.717) is 6.42 Å². The lowest BCUT2D eigenvalue weighted by Gasteiger charge is -2.16. The van der Waals surface area contributed by atoms with Crippen molar-refractivity contribution in [3.8, 4) is 0 Å². The fourth-order valence-electron chi connectivity index (χ4n) is 1.47. The smallest absolute Gasteiger partial charge is 0.137 e. The lowest BCUT2D eigenvalue weighted by molar-refractivity contribution is 0.142. The number of hydrogen-bond donors (Lipinski definition) is 1. The molecule has 0 spiro atoms. The van der Waals surface area contributed by atoms with Crippen LogP contribution >= 0.6 is 15.9 Å². The number of benzene rings is 1. The molecule has 0 saturated heterocycles. The molecule has 0 aliphatic rings. The standard InChI is InChI=1S/C12H15BrF2O/c1-3-7(2)4-12(16)8-5-11(15)9(13)6-10(8)14/h5-7,12,16H,3-4H2,1-2H3. The highest BCUT2D eigenvalue weighted by atomic mass is 79.9. The molecule has 0 bridgehead atoms. The molecule has 0 aliphatic heterocycles. The van der Waals surface area contributed by atoms with E-state index in [2.05, 4.69) is 15.9 Å². The van der Waals surface area contributed by atoms with Gasteiger partial charge in [-0.3, -0.25) is 0 Å². The van der Waals surface area contributed by atoms with E-state index in [0.717, 1.165) is 18.6 Å². The molecular formula is C12H15BrF2O. The first kappa shape index (κ1) is 13.6. The van der Waals surface area contributed by atoms with E-state index in [9.17, 15) is 13.9 Å². The van der Waals surface area contributed by atoms with Crippen molar-refractivity contribution >= 4 is 15.9 Å². The van der Waals surface area contributed by atoms with Gasteiger partial charge in [-0.05, 0) is 40.4 Å². The van der Waals surface area contributed by atoms with Crippen molar-refractivity contribution in [3.05, 3.63) is 33.8 Å². The predicted molar refractivity (Wildman–Crippen MR) is 63.1 cm³/mol. The number of aliphatic hydroxyl groups excluding tert-OH is 1. The average Bonchev–Trinajstić information content (AvgIpc) is 2.23. The zero-order valence-corrected chi connectivity index (χ0v) is 10.9. The Balaban J connectivity index is 2.91. The van der Waals surface area contributed by atoms with E-state index >= 15 is 0 Å². The van der Waals surface area contributed by atoms with E-state index in [-0.39, 0.29) is 16.0 Å². The number of hydrogen-bond acceptors (Lipinski definition) is 1. The zero-order valence-electron chi connectivity index (χ0n) is 9.30. The van der Waals surface area contributed by atoms with Crippen LogP contribution in [0, 0.1) is 17.6 Å². The monoisotopic (exact) mass is 292 g/mol. The van der Waals surface area contributed by atoms with Gasteiger partial charge in [0.15, 0.2) is 0 Å². The third-order valence-corrected chi connectivity index (χ3v) is 3.33. The van der Waals surface area contributed by atoms with Crippen LogP contribution in [-0.4, -0.2) is 5.11 Å². The van der Waals surface area contributed by atoms with Crippen LogP contribution in [0.25, 0.3) is 0 Å². The number of aliphatic hydroxyl groups is 1. The van der Waals surface area contributed by atoms with Crippen LogP contribution in [0.5, 0.6) is 0 Å². The number of halogens is 3. The lowest BCUT2D eigenvalue weighted by Crippen LogP contribution is -2.06. The van der Waals surface area contributed by atoms with Gasteiger partial charge < -0.3 is 5.11 Å². The predicted octanol–water partition coefficient (Wildman–Crippen LogP) is 4.20. The summed E-state index contributed by atoms with van der Waals surface area (Å²) in [5, 5.41) is 9.80. The van der Waals surface area contributed by atoms with Gasteiger partial charge in [-0.15, -0.1) is 0 Å². The third kappa shape index (κ3) is 3.25. The summed E-state index contributed by atoms with van der Waals surface area (Å²) in [7, 11) is 0. The van der Waals surface area contributed by atoms with Crippen LogP contribution in [-0.2, 0) is 0 Å². The maximum Gasteiger partial charge on any atom is 0.137 e. The molecule has 1 aromatic carbocycles. The van der Waals surface area contributed by atoms with Gasteiger partial charge in [-0.2, -0.15) is 0 Å². The molecule has 0 radical (unpaired) electrons. The Labute approximate surface area is 103 Å². The van der Waals surface area contributed by atoms with Gasteiger partial charge in [-0.25, -0.2) is 8.78 Å². The molecule has 0 aromatic heterocycles. The topological polar surface area (TPSA) is 20.2 Å².